The van der Waals surface area contributed by atoms with Crippen molar-refractivity contribution in [3.8, 4) is 0 Å². The molecule has 6 unspecified atom stereocenters. The highest BCUT2D eigenvalue weighted by Crippen LogP contribution is 2.69. The Balaban J connectivity index is 0.000000157. The van der Waals surface area contributed by atoms with Crippen LogP contribution in [0.1, 0.15) is 143 Å². The number of halogens is 4. The van der Waals surface area contributed by atoms with Gasteiger partial charge in [-0.05, 0) is 185 Å². The molecule has 8 heteroatoms. The van der Waals surface area contributed by atoms with Crippen LogP contribution in [0.25, 0.3) is 0 Å². The molecule has 0 spiro atoms. The molecule has 0 radical (unpaired) electrons. The number of hydrogen-bond acceptors (Lipinski definition) is 4. The Labute approximate surface area is 299 Å². The fourth-order valence-corrected chi connectivity index (χ4v) is 15.6. The van der Waals surface area contributed by atoms with Gasteiger partial charge >= 0.3 is 6.18 Å². The average Bonchev–Trinajstić information content (AvgIpc) is 3.61. The van der Waals surface area contributed by atoms with E-state index in [-0.39, 0.29) is 29.6 Å². The third kappa shape index (κ3) is 5.61. The largest absolute Gasteiger partial charge is 0.417 e. The van der Waals surface area contributed by atoms with Gasteiger partial charge in [0.15, 0.2) is 5.60 Å². The van der Waals surface area contributed by atoms with Crippen molar-refractivity contribution >= 4 is 0 Å². The number of methoxy groups -OCH3 is 2. The van der Waals surface area contributed by atoms with E-state index in [0.717, 1.165) is 56.3 Å². The molecule has 0 saturated heterocycles. The quantitative estimate of drug-likeness (QED) is 0.286. The second-order valence-corrected chi connectivity index (χ2v) is 20.3. The van der Waals surface area contributed by atoms with E-state index in [9.17, 15) is 27.8 Å². The van der Waals surface area contributed by atoms with Gasteiger partial charge in [0.2, 0.25) is 0 Å². The minimum Gasteiger partial charge on any atom is -0.387 e. The minimum atomic E-state index is -4.51. The van der Waals surface area contributed by atoms with E-state index in [1.807, 2.05) is 14.2 Å². The predicted molar refractivity (Wildman–Crippen MR) is 187 cm³/mol. The number of aliphatic hydroxyl groups is 2. The van der Waals surface area contributed by atoms with Gasteiger partial charge < -0.3 is 19.7 Å². The van der Waals surface area contributed by atoms with Gasteiger partial charge in [-0.15, -0.1) is 0 Å². The fraction of sp³-hybridized carbons (Fsp3) is 1.00. The molecule has 8 saturated carbocycles. The zero-order valence-electron chi connectivity index (χ0n) is 31.9. The molecule has 288 valence electrons. The SMILES string of the molecule is COC1CC[C@H]2[C@@H]3CCC4CC(O)(C(F)(F)F)CC[C@]4(C)[C@@H]3CC[C@]12C.COC1CC[C@H]2[C@@H]3CCC4CC(O)(CF)CC[C@]4(C)[C@@H]3CC[C@]12C. The molecule has 2 N–H and O–H groups in total. The molecule has 8 rings (SSSR count). The molecule has 4 nitrogen and oxygen atoms in total. The first-order valence-corrected chi connectivity index (χ1v) is 20.5. The number of alkyl halides is 4. The fourth-order valence-electron chi connectivity index (χ4n) is 15.6. The highest BCUT2D eigenvalue weighted by Gasteiger charge is 2.66. The zero-order valence-corrected chi connectivity index (χ0v) is 31.9. The highest BCUT2D eigenvalue weighted by atomic mass is 19.4. The van der Waals surface area contributed by atoms with Crippen molar-refractivity contribution in [1.82, 2.24) is 0 Å². The smallest absolute Gasteiger partial charge is 0.387 e. The average molecular weight is 713 g/mol. The summed E-state index contributed by atoms with van der Waals surface area (Å²) in [6.07, 6.45) is 12.9. The summed E-state index contributed by atoms with van der Waals surface area (Å²) in [4.78, 5) is 0. The van der Waals surface area contributed by atoms with Gasteiger partial charge in [0.05, 0.1) is 17.8 Å². The van der Waals surface area contributed by atoms with Gasteiger partial charge in [0, 0.05) is 14.2 Å². The van der Waals surface area contributed by atoms with Crippen LogP contribution in [0.3, 0.4) is 0 Å². The Morgan fingerprint density at radius 1 is 0.540 bits per heavy atom. The normalized spacial score (nSPS) is 55.7. The van der Waals surface area contributed by atoms with E-state index in [4.69, 9.17) is 9.47 Å². The molecule has 0 heterocycles. The van der Waals surface area contributed by atoms with Crippen LogP contribution >= 0.6 is 0 Å². The van der Waals surface area contributed by atoms with E-state index in [1.54, 1.807) is 0 Å². The predicted octanol–water partition coefficient (Wildman–Crippen LogP) is 10.1. The molecule has 0 aromatic heterocycles. The maximum absolute atomic E-state index is 13.4. The molecule has 0 amide bonds. The molecular weight excluding hydrogens is 644 g/mol. The van der Waals surface area contributed by atoms with Gasteiger partial charge in [-0.2, -0.15) is 13.2 Å². The number of ether oxygens (including phenoxy) is 2. The van der Waals surface area contributed by atoms with Gasteiger partial charge in [0.1, 0.15) is 6.67 Å². The lowest BCUT2D eigenvalue weighted by atomic mass is 9.44. The van der Waals surface area contributed by atoms with Crippen LogP contribution in [0.2, 0.25) is 0 Å². The van der Waals surface area contributed by atoms with Crippen molar-refractivity contribution in [3.05, 3.63) is 0 Å². The summed E-state index contributed by atoms with van der Waals surface area (Å²) in [5.41, 5.74) is -2.63. The summed E-state index contributed by atoms with van der Waals surface area (Å²) >= 11 is 0. The summed E-state index contributed by atoms with van der Waals surface area (Å²) in [6, 6.07) is 0. The maximum Gasteiger partial charge on any atom is 0.417 e. The van der Waals surface area contributed by atoms with Crippen LogP contribution in [0.4, 0.5) is 17.6 Å². The molecule has 0 aromatic rings. The summed E-state index contributed by atoms with van der Waals surface area (Å²) in [7, 11) is 3.71. The molecule has 16 atom stereocenters. The lowest BCUT2D eigenvalue weighted by Gasteiger charge is -2.62. The molecule has 8 aliphatic carbocycles. The van der Waals surface area contributed by atoms with Crippen LogP contribution < -0.4 is 0 Å². The highest BCUT2D eigenvalue weighted by molar-refractivity contribution is 5.13. The van der Waals surface area contributed by atoms with Crippen LogP contribution in [0.15, 0.2) is 0 Å². The zero-order chi connectivity index (χ0) is 36.1. The lowest BCUT2D eigenvalue weighted by molar-refractivity contribution is -0.290. The van der Waals surface area contributed by atoms with Crippen molar-refractivity contribution in [2.75, 3.05) is 20.9 Å². The van der Waals surface area contributed by atoms with E-state index in [1.165, 1.54) is 44.9 Å². The third-order valence-electron chi connectivity index (χ3n) is 18.7. The monoisotopic (exact) mass is 713 g/mol. The minimum absolute atomic E-state index is 0.00638. The number of fused-ring (bicyclic) bond motifs is 10. The first-order chi connectivity index (χ1) is 23.4. The molecule has 50 heavy (non-hydrogen) atoms. The summed E-state index contributed by atoms with van der Waals surface area (Å²) < 4.78 is 65.1. The second kappa shape index (κ2) is 12.8. The van der Waals surface area contributed by atoms with Crippen LogP contribution in [0, 0.1) is 69.0 Å². The number of rotatable bonds is 3. The molecule has 0 aliphatic heterocycles. The van der Waals surface area contributed by atoms with E-state index in [0.29, 0.717) is 66.0 Å². The molecule has 0 aromatic carbocycles. The molecule has 0 bridgehead atoms. The Hall–Kier alpha value is -0.440. The van der Waals surface area contributed by atoms with E-state index < -0.39 is 24.1 Å². The van der Waals surface area contributed by atoms with Crippen molar-refractivity contribution in [2.45, 2.75) is 173 Å². The summed E-state index contributed by atoms with van der Waals surface area (Å²) in [5.74, 6) is 4.68. The first kappa shape index (κ1) is 37.9. The van der Waals surface area contributed by atoms with Crippen molar-refractivity contribution < 1.29 is 37.2 Å². The molecule has 8 fully saturated rings. The Kier molecular flexibility index (Phi) is 9.71. The summed E-state index contributed by atoms with van der Waals surface area (Å²) in [5, 5.41) is 20.8. The van der Waals surface area contributed by atoms with Crippen LogP contribution in [0.5, 0.6) is 0 Å². The Morgan fingerprint density at radius 3 is 1.42 bits per heavy atom. The van der Waals surface area contributed by atoms with E-state index in [2.05, 4.69) is 27.7 Å². The number of hydrogen-bond donors (Lipinski definition) is 2. The van der Waals surface area contributed by atoms with Gasteiger partial charge in [-0.25, -0.2) is 4.39 Å². The standard InChI is InChI=1S/C21H33F3O2.C21H35FO2/c1-18-10-11-20(25,21(22,23)24)12-13(18)4-5-14-15-6-7-17(26-3)19(15,2)9-8-16(14)18;1-19-10-11-21(23,13-22)12-14(19)4-5-15-16-6-7-18(24-3)20(16,2)9-8-17(15)19/h13-17,25H,4-12H2,1-3H3;14-18,23H,4-13H2,1-3H3/t13?,14-,15-,16+,17?,18-,19-,20?;14?,15-,16-,17+,18?,19-,20-,21?/m00/s1. The van der Waals surface area contributed by atoms with Gasteiger partial charge in [-0.1, -0.05) is 27.7 Å². The Morgan fingerprint density at radius 2 is 0.980 bits per heavy atom. The van der Waals surface area contributed by atoms with E-state index >= 15 is 0 Å². The van der Waals surface area contributed by atoms with Gasteiger partial charge in [0.25, 0.3) is 0 Å². The second-order valence-electron chi connectivity index (χ2n) is 20.3. The van der Waals surface area contributed by atoms with Crippen molar-refractivity contribution in [2.24, 2.45) is 69.0 Å². The first-order valence-electron chi connectivity index (χ1n) is 20.5. The summed E-state index contributed by atoms with van der Waals surface area (Å²) in [6.45, 7) is 9.00. The van der Waals surface area contributed by atoms with Crippen LogP contribution in [-0.4, -0.2) is 60.7 Å². The Bertz CT molecular complexity index is 1250. The maximum atomic E-state index is 13.4. The topological polar surface area (TPSA) is 58.9 Å². The molecule has 8 aliphatic rings. The third-order valence-corrected chi connectivity index (χ3v) is 18.7. The molecular formula is C42H68F4O4. The van der Waals surface area contributed by atoms with Crippen molar-refractivity contribution in [3.63, 3.8) is 0 Å². The lowest BCUT2D eigenvalue weighted by Crippen LogP contribution is -2.59. The van der Waals surface area contributed by atoms with Crippen molar-refractivity contribution in [1.29, 1.82) is 0 Å². The van der Waals surface area contributed by atoms with Gasteiger partial charge in [-0.3, -0.25) is 0 Å². The van der Waals surface area contributed by atoms with Crippen LogP contribution in [-0.2, 0) is 9.47 Å².